The van der Waals surface area contributed by atoms with Gasteiger partial charge in [0.25, 0.3) is 0 Å². The van der Waals surface area contributed by atoms with Gasteiger partial charge in [0, 0.05) is 23.2 Å². The van der Waals surface area contributed by atoms with Crippen molar-refractivity contribution < 1.29 is 17.9 Å². The van der Waals surface area contributed by atoms with Gasteiger partial charge >= 0.3 is 0 Å². The summed E-state index contributed by atoms with van der Waals surface area (Å²) >= 11 is 9.37. The number of ether oxygens (including phenoxy) is 1. The molecule has 0 unspecified atom stereocenters. The van der Waals surface area contributed by atoms with E-state index in [1.54, 1.807) is 30.3 Å². The van der Waals surface area contributed by atoms with Crippen LogP contribution in [0, 0.1) is 5.92 Å². The van der Waals surface area contributed by atoms with Gasteiger partial charge in [0.2, 0.25) is 15.9 Å². The predicted octanol–water partition coefficient (Wildman–Crippen LogP) is 4.15. The fourth-order valence-corrected chi connectivity index (χ4v) is 5.04. The number of rotatable bonds is 5. The Bertz CT molecular complexity index is 966. The van der Waals surface area contributed by atoms with E-state index in [0.29, 0.717) is 35.8 Å². The van der Waals surface area contributed by atoms with Gasteiger partial charge < -0.3 is 10.1 Å². The SMILES string of the molecule is COc1ccc(S(=O)(=O)N2CCC[C@H](C(=O)Nc3ccc(Br)c(Cl)c3)C2)cc1. The zero-order chi connectivity index (χ0) is 20.3. The molecule has 2 aromatic carbocycles. The highest BCUT2D eigenvalue weighted by atomic mass is 79.9. The molecule has 0 bridgehead atoms. The molecule has 1 atom stereocenters. The highest BCUT2D eigenvalue weighted by Gasteiger charge is 2.33. The average Bonchev–Trinajstić information content (AvgIpc) is 2.71. The Balaban J connectivity index is 1.71. The summed E-state index contributed by atoms with van der Waals surface area (Å²) in [7, 11) is -2.14. The van der Waals surface area contributed by atoms with Crippen molar-refractivity contribution in [3.8, 4) is 5.75 Å². The number of nitrogens with one attached hydrogen (secondary N) is 1. The summed E-state index contributed by atoms with van der Waals surface area (Å²) in [4.78, 5) is 12.8. The smallest absolute Gasteiger partial charge is 0.243 e. The lowest BCUT2D eigenvalue weighted by atomic mass is 9.99. The molecule has 1 saturated heterocycles. The standard InChI is InChI=1S/C19H20BrClN2O4S/c1-27-15-5-7-16(8-6-15)28(25,26)23-10-2-3-13(12-23)19(24)22-14-4-9-17(20)18(21)11-14/h4-9,11,13H,2-3,10,12H2,1H3,(H,22,24)/t13-/m0/s1. The maximum Gasteiger partial charge on any atom is 0.243 e. The minimum atomic E-state index is -3.67. The Hall–Kier alpha value is -1.61. The van der Waals surface area contributed by atoms with E-state index in [9.17, 15) is 13.2 Å². The first-order valence-electron chi connectivity index (χ1n) is 8.71. The molecule has 6 nitrogen and oxygen atoms in total. The molecule has 1 amide bonds. The van der Waals surface area contributed by atoms with Gasteiger partial charge in [0.15, 0.2) is 0 Å². The molecule has 28 heavy (non-hydrogen) atoms. The molecule has 0 radical (unpaired) electrons. The highest BCUT2D eigenvalue weighted by molar-refractivity contribution is 9.10. The largest absolute Gasteiger partial charge is 0.497 e. The third-order valence-electron chi connectivity index (χ3n) is 4.64. The molecule has 0 aromatic heterocycles. The van der Waals surface area contributed by atoms with Gasteiger partial charge in [-0.15, -0.1) is 0 Å². The molecule has 1 aliphatic rings. The molecular weight excluding hydrogens is 468 g/mol. The summed E-state index contributed by atoms with van der Waals surface area (Å²) in [5.41, 5.74) is 0.577. The summed E-state index contributed by atoms with van der Waals surface area (Å²) in [6, 6.07) is 11.4. The molecule has 2 aromatic rings. The molecular formula is C19H20BrClN2O4S. The molecule has 0 spiro atoms. The van der Waals surface area contributed by atoms with Crippen molar-refractivity contribution in [1.29, 1.82) is 0 Å². The molecule has 1 heterocycles. The van der Waals surface area contributed by atoms with Crippen LogP contribution in [-0.2, 0) is 14.8 Å². The van der Waals surface area contributed by atoms with E-state index in [1.807, 2.05) is 0 Å². The summed E-state index contributed by atoms with van der Waals surface area (Å²) in [6.07, 6.45) is 1.25. The Morgan fingerprint density at radius 2 is 1.96 bits per heavy atom. The predicted molar refractivity (Wildman–Crippen MR) is 112 cm³/mol. The third-order valence-corrected chi connectivity index (χ3v) is 7.75. The second-order valence-electron chi connectivity index (χ2n) is 6.50. The van der Waals surface area contributed by atoms with Crippen LogP contribution >= 0.6 is 27.5 Å². The zero-order valence-electron chi connectivity index (χ0n) is 15.2. The van der Waals surface area contributed by atoms with Gasteiger partial charge in [-0.1, -0.05) is 11.6 Å². The Morgan fingerprint density at radius 1 is 1.25 bits per heavy atom. The van der Waals surface area contributed by atoms with Crippen molar-refractivity contribution in [3.63, 3.8) is 0 Å². The first-order valence-corrected chi connectivity index (χ1v) is 11.3. The van der Waals surface area contributed by atoms with Crippen LogP contribution in [0.4, 0.5) is 5.69 Å². The van der Waals surface area contributed by atoms with Crippen LogP contribution in [0.1, 0.15) is 12.8 Å². The summed E-state index contributed by atoms with van der Waals surface area (Å²) in [6.45, 7) is 0.534. The molecule has 1 aliphatic heterocycles. The number of carbonyl (C=O) groups is 1. The van der Waals surface area contributed by atoms with Crippen LogP contribution in [-0.4, -0.2) is 38.8 Å². The van der Waals surface area contributed by atoms with Gasteiger partial charge in [-0.2, -0.15) is 4.31 Å². The van der Waals surface area contributed by atoms with E-state index in [1.165, 1.54) is 23.5 Å². The molecule has 0 aliphatic carbocycles. The lowest BCUT2D eigenvalue weighted by Gasteiger charge is -2.31. The van der Waals surface area contributed by atoms with E-state index < -0.39 is 15.9 Å². The van der Waals surface area contributed by atoms with Gasteiger partial charge in [-0.3, -0.25) is 4.79 Å². The van der Waals surface area contributed by atoms with E-state index >= 15 is 0 Å². The number of methoxy groups -OCH3 is 1. The number of halogens is 2. The van der Waals surface area contributed by atoms with E-state index in [0.717, 1.165) is 4.47 Å². The van der Waals surface area contributed by atoms with Crippen molar-refractivity contribution in [2.24, 2.45) is 5.92 Å². The van der Waals surface area contributed by atoms with E-state index in [4.69, 9.17) is 16.3 Å². The summed E-state index contributed by atoms with van der Waals surface area (Å²) in [5, 5.41) is 3.32. The second-order valence-corrected chi connectivity index (χ2v) is 9.70. The number of hydrogen-bond donors (Lipinski definition) is 1. The molecule has 3 rings (SSSR count). The fourth-order valence-electron chi connectivity index (χ4n) is 3.09. The van der Waals surface area contributed by atoms with Crippen LogP contribution in [0.5, 0.6) is 5.75 Å². The van der Waals surface area contributed by atoms with Crippen molar-refractivity contribution in [2.45, 2.75) is 17.7 Å². The van der Waals surface area contributed by atoms with Gasteiger partial charge in [-0.25, -0.2) is 8.42 Å². The lowest BCUT2D eigenvalue weighted by molar-refractivity contribution is -0.120. The quantitative estimate of drug-likeness (QED) is 0.687. The number of sulfonamides is 1. The Labute approximate surface area is 178 Å². The highest BCUT2D eigenvalue weighted by Crippen LogP contribution is 2.28. The lowest BCUT2D eigenvalue weighted by Crippen LogP contribution is -2.43. The van der Waals surface area contributed by atoms with Crippen molar-refractivity contribution in [1.82, 2.24) is 4.31 Å². The fraction of sp³-hybridized carbons (Fsp3) is 0.316. The number of nitrogens with zero attached hydrogens (tertiary/aromatic N) is 1. The first kappa shape index (κ1) is 21.1. The van der Waals surface area contributed by atoms with Crippen LogP contribution in [0.25, 0.3) is 0 Å². The van der Waals surface area contributed by atoms with Crippen molar-refractivity contribution in [2.75, 3.05) is 25.5 Å². The summed E-state index contributed by atoms with van der Waals surface area (Å²) < 4.78 is 33.0. The van der Waals surface area contributed by atoms with Gasteiger partial charge in [-0.05, 0) is 71.2 Å². The number of piperidine rings is 1. The summed E-state index contributed by atoms with van der Waals surface area (Å²) in [5.74, 6) is -0.0553. The van der Waals surface area contributed by atoms with Gasteiger partial charge in [0.05, 0.1) is 22.9 Å². The van der Waals surface area contributed by atoms with Gasteiger partial charge in [0.1, 0.15) is 5.75 Å². The molecule has 1 N–H and O–H groups in total. The molecule has 1 fully saturated rings. The molecule has 9 heteroatoms. The number of anilines is 1. The maximum atomic E-state index is 12.9. The average molecular weight is 488 g/mol. The van der Waals surface area contributed by atoms with Crippen LogP contribution in [0.15, 0.2) is 51.8 Å². The zero-order valence-corrected chi connectivity index (χ0v) is 18.4. The monoisotopic (exact) mass is 486 g/mol. The molecule has 150 valence electrons. The van der Waals surface area contributed by atoms with Crippen LogP contribution in [0.3, 0.4) is 0 Å². The third kappa shape index (κ3) is 4.68. The molecule has 0 saturated carbocycles. The minimum absolute atomic E-state index is 0.143. The normalized spacial score (nSPS) is 17.9. The number of amides is 1. The Morgan fingerprint density at radius 3 is 2.61 bits per heavy atom. The van der Waals surface area contributed by atoms with Crippen molar-refractivity contribution in [3.05, 3.63) is 52.0 Å². The topological polar surface area (TPSA) is 75.7 Å². The van der Waals surface area contributed by atoms with Crippen LogP contribution in [0.2, 0.25) is 5.02 Å². The second kappa shape index (κ2) is 8.82. The maximum absolute atomic E-state index is 12.9. The van der Waals surface area contributed by atoms with Crippen molar-refractivity contribution >= 4 is 49.1 Å². The first-order chi connectivity index (χ1) is 13.3. The minimum Gasteiger partial charge on any atom is -0.497 e. The number of benzene rings is 2. The number of hydrogen-bond acceptors (Lipinski definition) is 4. The van der Waals surface area contributed by atoms with E-state index in [-0.39, 0.29) is 17.3 Å². The van der Waals surface area contributed by atoms with E-state index in [2.05, 4.69) is 21.2 Å². The Kier molecular flexibility index (Phi) is 6.65. The number of carbonyl (C=O) groups excluding carboxylic acids is 1. The van der Waals surface area contributed by atoms with Crippen LogP contribution < -0.4 is 10.1 Å².